The van der Waals surface area contributed by atoms with E-state index < -0.39 is 5.54 Å². The van der Waals surface area contributed by atoms with Gasteiger partial charge in [0.2, 0.25) is 0 Å². The van der Waals surface area contributed by atoms with Crippen LogP contribution in [0.3, 0.4) is 0 Å². The number of hydrogen-bond donors (Lipinski definition) is 2. The number of aliphatic imine (C=N–C) groups is 1. The zero-order chi connectivity index (χ0) is 20.6. The quantitative estimate of drug-likeness (QED) is 0.741. The molecule has 0 aromatic heterocycles. The third kappa shape index (κ3) is 3.40. The van der Waals surface area contributed by atoms with Gasteiger partial charge in [-0.15, -0.1) is 0 Å². The van der Waals surface area contributed by atoms with Crippen LogP contribution in [0, 0.1) is 5.92 Å². The molecule has 2 N–H and O–H groups in total. The molecule has 2 aliphatic heterocycles. The second kappa shape index (κ2) is 7.22. The van der Waals surface area contributed by atoms with Gasteiger partial charge in [0.25, 0.3) is 5.91 Å². The number of carbonyl (C=O) groups is 1. The maximum Gasteiger partial charge on any atom is 0.257 e. The van der Waals surface area contributed by atoms with Crippen molar-refractivity contribution in [3.63, 3.8) is 0 Å². The SMILES string of the molecule is COCC1(c2cccc(OC)c2)C=CN=C2C(C(=O)NC(C)(C)C3CC3)=CNN21. The summed E-state index contributed by atoms with van der Waals surface area (Å²) in [6.45, 7) is 4.54. The summed E-state index contributed by atoms with van der Waals surface area (Å²) in [7, 11) is 3.31. The largest absolute Gasteiger partial charge is 0.497 e. The van der Waals surface area contributed by atoms with Crippen LogP contribution in [0.5, 0.6) is 5.75 Å². The van der Waals surface area contributed by atoms with Gasteiger partial charge in [0.15, 0.2) is 5.84 Å². The van der Waals surface area contributed by atoms with Gasteiger partial charge < -0.3 is 20.2 Å². The lowest BCUT2D eigenvalue weighted by atomic mass is 9.88. The van der Waals surface area contributed by atoms with Gasteiger partial charge in [0.05, 0.1) is 13.7 Å². The number of nitrogens with one attached hydrogen (secondary N) is 2. The molecule has 0 saturated heterocycles. The molecule has 1 unspecified atom stereocenters. The Morgan fingerprint density at radius 1 is 1.38 bits per heavy atom. The Balaban J connectivity index is 1.64. The van der Waals surface area contributed by atoms with Gasteiger partial charge in [0.1, 0.15) is 16.9 Å². The molecule has 3 aliphatic rings. The second-order valence-corrected chi connectivity index (χ2v) is 8.33. The van der Waals surface area contributed by atoms with Crippen LogP contribution in [0.2, 0.25) is 0 Å². The van der Waals surface area contributed by atoms with Crippen molar-refractivity contribution in [2.75, 3.05) is 20.8 Å². The zero-order valence-corrected chi connectivity index (χ0v) is 17.4. The Kier molecular flexibility index (Phi) is 4.86. The fourth-order valence-electron chi connectivity index (χ4n) is 4.08. The van der Waals surface area contributed by atoms with Gasteiger partial charge in [-0.1, -0.05) is 12.1 Å². The number of amides is 1. The van der Waals surface area contributed by atoms with Gasteiger partial charge in [-0.2, -0.15) is 0 Å². The Bertz CT molecular complexity index is 901. The normalized spacial score (nSPS) is 23.1. The van der Waals surface area contributed by atoms with Crippen molar-refractivity contribution in [3.8, 4) is 5.75 Å². The highest BCUT2D eigenvalue weighted by molar-refractivity contribution is 6.22. The maximum atomic E-state index is 13.1. The van der Waals surface area contributed by atoms with Crippen LogP contribution in [-0.4, -0.2) is 43.1 Å². The number of fused-ring (bicyclic) bond motifs is 1. The molecule has 1 aliphatic carbocycles. The van der Waals surface area contributed by atoms with Crippen molar-refractivity contribution < 1.29 is 14.3 Å². The molecule has 0 radical (unpaired) electrons. The molecule has 1 fully saturated rings. The van der Waals surface area contributed by atoms with Crippen LogP contribution in [0.4, 0.5) is 0 Å². The summed E-state index contributed by atoms with van der Waals surface area (Å²) >= 11 is 0. The average Bonchev–Trinajstić information content (AvgIpc) is 3.48. The first-order chi connectivity index (χ1) is 13.9. The Morgan fingerprint density at radius 2 is 2.17 bits per heavy atom. The van der Waals surface area contributed by atoms with E-state index in [0.717, 1.165) is 24.2 Å². The van der Waals surface area contributed by atoms with Crippen molar-refractivity contribution in [2.24, 2.45) is 10.9 Å². The number of benzene rings is 1. The second-order valence-electron chi connectivity index (χ2n) is 8.33. The summed E-state index contributed by atoms with van der Waals surface area (Å²) in [4.78, 5) is 17.6. The number of hydrogen-bond acceptors (Lipinski definition) is 6. The summed E-state index contributed by atoms with van der Waals surface area (Å²) < 4.78 is 11.0. The van der Waals surface area contributed by atoms with E-state index in [9.17, 15) is 4.79 Å². The summed E-state index contributed by atoms with van der Waals surface area (Å²) in [5, 5.41) is 5.07. The molecule has 29 heavy (non-hydrogen) atoms. The fourth-order valence-corrected chi connectivity index (χ4v) is 4.08. The summed E-state index contributed by atoms with van der Waals surface area (Å²) in [6, 6.07) is 7.84. The van der Waals surface area contributed by atoms with Crippen LogP contribution in [0.1, 0.15) is 32.3 Å². The third-order valence-corrected chi connectivity index (χ3v) is 5.95. The van der Waals surface area contributed by atoms with E-state index in [1.165, 1.54) is 0 Å². The Labute approximate surface area is 171 Å². The number of amidine groups is 1. The van der Waals surface area contributed by atoms with Gasteiger partial charge in [0, 0.05) is 25.0 Å². The number of hydrazine groups is 1. The lowest BCUT2D eigenvalue weighted by Gasteiger charge is -2.42. The van der Waals surface area contributed by atoms with E-state index in [-0.39, 0.29) is 11.4 Å². The molecule has 1 aromatic carbocycles. The lowest BCUT2D eigenvalue weighted by Crippen LogP contribution is -2.56. The highest BCUT2D eigenvalue weighted by Crippen LogP contribution is 2.40. The molecule has 7 heteroatoms. The van der Waals surface area contributed by atoms with E-state index in [4.69, 9.17) is 9.47 Å². The van der Waals surface area contributed by atoms with E-state index in [1.807, 2.05) is 35.4 Å². The number of nitrogens with zero attached hydrogens (tertiary/aromatic N) is 2. The highest BCUT2D eigenvalue weighted by atomic mass is 16.5. The van der Waals surface area contributed by atoms with Crippen molar-refractivity contribution in [2.45, 2.75) is 37.8 Å². The molecule has 1 atom stereocenters. The number of carbonyl (C=O) groups excluding carboxylic acids is 1. The Hall–Kier alpha value is -2.80. The Morgan fingerprint density at radius 3 is 2.86 bits per heavy atom. The molecular formula is C22H28N4O3. The van der Waals surface area contributed by atoms with Crippen molar-refractivity contribution in [1.82, 2.24) is 15.8 Å². The first-order valence-electron chi connectivity index (χ1n) is 9.90. The standard InChI is InChI=1S/C22H28N4O3/c1-21(2,15-8-9-15)25-20(27)18-13-24-26-19(18)23-11-10-22(26,14-28-3)16-6-5-7-17(12-16)29-4/h5-7,10-13,15,24H,8-9,14H2,1-4H3,(H,25,27). The van der Waals surface area contributed by atoms with Crippen LogP contribution in [-0.2, 0) is 15.1 Å². The molecular weight excluding hydrogens is 368 g/mol. The molecule has 0 bridgehead atoms. The van der Waals surface area contributed by atoms with Gasteiger partial charge >= 0.3 is 0 Å². The predicted molar refractivity (Wildman–Crippen MR) is 111 cm³/mol. The molecule has 1 saturated carbocycles. The zero-order valence-electron chi connectivity index (χ0n) is 17.4. The van der Waals surface area contributed by atoms with Crippen LogP contribution >= 0.6 is 0 Å². The van der Waals surface area contributed by atoms with Crippen molar-refractivity contribution in [1.29, 1.82) is 0 Å². The van der Waals surface area contributed by atoms with Gasteiger partial charge in [-0.3, -0.25) is 9.80 Å². The van der Waals surface area contributed by atoms with Gasteiger partial charge in [-0.05, 0) is 56.4 Å². The first kappa shape index (κ1) is 19.5. The summed E-state index contributed by atoms with van der Waals surface area (Å²) in [5.41, 5.74) is 3.84. The molecule has 1 aromatic rings. The highest BCUT2D eigenvalue weighted by Gasteiger charge is 2.46. The lowest BCUT2D eigenvalue weighted by molar-refractivity contribution is -0.118. The van der Waals surface area contributed by atoms with Crippen molar-refractivity contribution >= 4 is 11.7 Å². The van der Waals surface area contributed by atoms with E-state index in [0.29, 0.717) is 23.9 Å². The molecule has 4 rings (SSSR count). The molecule has 2 heterocycles. The van der Waals surface area contributed by atoms with Crippen LogP contribution in [0.25, 0.3) is 0 Å². The summed E-state index contributed by atoms with van der Waals surface area (Å²) in [6.07, 6.45) is 7.75. The van der Waals surface area contributed by atoms with E-state index >= 15 is 0 Å². The summed E-state index contributed by atoms with van der Waals surface area (Å²) in [5.74, 6) is 1.75. The maximum absolute atomic E-state index is 13.1. The fraction of sp³-hybridized carbons (Fsp3) is 0.455. The monoisotopic (exact) mass is 396 g/mol. The number of rotatable bonds is 7. The van der Waals surface area contributed by atoms with Crippen molar-refractivity contribution in [3.05, 3.63) is 53.9 Å². The molecule has 154 valence electrons. The average molecular weight is 396 g/mol. The number of methoxy groups -OCH3 is 2. The van der Waals surface area contributed by atoms with E-state index in [2.05, 4.69) is 29.6 Å². The van der Waals surface area contributed by atoms with Crippen LogP contribution in [0.15, 0.2) is 53.3 Å². The minimum atomic E-state index is -0.662. The van der Waals surface area contributed by atoms with Crippen LogP contribution < -0.4 is 15.5 Å². The molecule has 7 nitrogen and oxygen atoms in total. The minimum Gasteiger partial charge on any atom is -0.497 e. The molecule has 1 amide bonds. The smallest absolute Gasteiger partial charge is 0.257 e. The number of ether oxygens (including phenoxy) is 2. The first-order valence-corrected chi connectivity index (χ1v) is 9.90. The molecule has 0 spiro atoms. The van der Waals surface area contributed by atoms with E-state index in [1.54, 1.807) is 26.6 Å². The van der Waals surface area contributed by atoms with Gasteiger partial charge in [-0.25, -0.2) is 4.99 Å². The third-order valence-electron chi connectivity index (χ3n) is 5.95. The predicted octanol–water partition coefficient (Wildman–Crippen LogP) is 2.47. The minimum absolute atomic E-state index is 0.122. The topological polar surface area (TPSA) is 75.2 Å².